The van der Waals surface area contributed by atoms with Crippen LogP contribution >= 0.6 is 0 Å². The molecule has 1 atom stereocenters. The molecule has 0 amide bonds. The van der Waals surface area contributed by atoms with Crippen LogP contribution < -0.4 is 10.1 Å². The minimum absolute atomic E-state index is 0.113. The van der Waals surface area contributed by atoms with Gasteiger partial charge in [-0.15, -0.1) is 0 Å². The van der Waals surface area contributed by atoms with Gasteiger partial charge in [0.15, 0.2) is 0 Å². The molecule has 0 heterocycles. The first-order chi connectivity index (χ1) is 9.77. The SMILES string of the molecule is CNC(CO)(COc1ccc2ccccc2c1)C1CC1. The highest BCUT2D eigenvalue weighted by molar-refractivity contribution is 5.83. The predicted molar refractivity (Wildman–Crippen MR) is 81.0 cm³/mol. The molecule has 0 aromatic heterocycles. The van der Waals surface area contributed by atoms with E-state index >= 15 is 0 Å². The lowest BCUT2D eigenvalue weighted by Crippen LogP contribution is -2.53. The Morgan fingerprint density at radius 1 is 1.20 bits per heavy atom. The molecule has 3 nitrogen and oxygen atoms in total. The Bertz CT molecular complexity index is 588. The van der Waals surface area contributed by atoms with Crippen molar-refractivity contribution in [2.45, 2.75) is 18.4 Å². The van der Waals surface area contributed by atoms with Crippen LogP contribution in [0, 0.1) is 5.92 Å². The van der Waals surface area contributed by atoms with Gasteiger partial charge in [0.1, 0.15) is 12.4 Å². The second-order valence-corrected chi connectivity index (χ2v) is 5.64. The van der Waals surface area contributed by atoms with E-state index in [0.717, 1.165) is 5.75 Å². The van der Waals surface area contributed by atoms with Crippen LogP contribution in [0.15, 0.2) is 42.5 Å². The summed E-state index contributed by atoms with van der Waals surface area (Å²) in [6.07, 6.45) is 2.34. The molecule has 0 aliphatic heterocycles. The summed E-state index contributed by atoms with van der Waals surface area (Å²) in [5.74, 6) is 1.38. The average Bonchev–Trinajstić information content (AvgIpc) is 3.34. The van der Waals surface area contributed by atoms with Crippen molar-refractivity contribution >= 4 is 10.8 Å². The number of benzene rings is 2. The van der Waals surface area contributed by atoms with E-state index in [1.807, 2.05) is 25.2 Å². The van der Waals surface area contributed by atoms with E-state index in [2.05, 4.69) is 29.6 Å². The number of ether oxygens (including phenoxy) is 1. The van der Waals surface area contributed by atoms with Gasteiger partial charge in [0.05, 0.1) is 12.1 Å². The van der Waals surface area contributed by atoms with E-state index in [0.29, 0.717) is 12.5 Å². The Morgan fingerprint density at radius 2 is 1.95 bits per heavy atom. The molecule has 106 valence electrons. The number of fused-ring (bicyclic) bond motifs is 1. The van der Waals surface area contributed by atoms with Gasteiger partial charge >= 0.3 is 0 Å². The van der Waals surface area contributed by atoms with E-state index in [1.54, 1.807) is 0 Å². The molecule has 3 heteroatoms. The molecular formula is C17H21NO2. The molecule has 2 aromatic carbocycles. The molecule has 1 saturated carbocycles. The van der Waals surface area contributed by atoms with Crippen LogP contribution in [0.2, 0.25) is 0 Å². The summed E-state index contributed by atoms with van der Waals surface area (Å²) in [5.41, 5.74) is -0.300. The molecule has 0 bridgehead atoms. The van der Waals surface area contributed by atoms with Crippen molar-refractivity contribution in [3.8, 4) is 5.75 Å². The third-order valence-corrected chi connectivity index (χ3v) is 4.36. The van der Waals surface area contributed by atoms with E-state index in [-0.39, 0.29) is 12.1 Å². The van der Waals surface area contributed by atoms with Crippen LogP contribution in [-0.4, -0.2) is 30.9 Å². The third-order valence-electron chi connectivity index (χ3n) is 4.36. The minimum Gasteiger partial charge on any atom is -0.492 e. The van der Waals surface area contributed by atoms with Crippen LogP contribution in [-0.2, 0) is 0 Å². The maximum absolute atomic E-state index is 9.69. The topological polar surface area (TPSA) is 41.5 Å². The second kappa shape index (κ2) is 5.43. The van der Waals surface area contributed by atoms with Crippen molar-refractivity contribution < 1.29 is 9.84 Å². The van der Waals surface area contributed by atoms with Crippen molar-refractivity contribution in [3.05, 3.63) is 42.5 Å². The summed E-state index contributed by atoms with van der Waals surface area (Å²) in [6, 6.07) is 14.4. The highest BCUT2D eigenvalue weighted by Crippen LogP contribution is 2.39. The zero-order valence-corrected chi connectivity index (χ0v) is 11.8. The highest BCUT2D eigenvalue weighted by Gasteiger charge is 2.44. The second-order valence-electron chi connectivity index (χ2n) is 5.64. The van der Waals surface area contributed by atoms with Gasteiger partial charge < -0.3 is 15.2 Å². The normalized spacial score (nSPS) is 17.9. The van der Waals surface area contributed by atoms with Gasteiger partial charge in [-0.05, 0) is 48.7 Å². The molecular weight excluding hydrogens is 250 g/mol. The van der Waals surface area contributed by atoms with Crippen molar-refractivity contribution in [3.63, 3.8) is 0 Å². The number of nitrogens with one attached hydrogen (secondary N) is 1. The van der Waals surface area contributed by atoms with Gasteiger partial charge in [0, 0.05) is 0 Å². The van der Waals surface area contributed by atoms with Gasteiger partial charge in [-0.25, -0.2) is 0 Å². The molecule has 3 rings (SSSR count). The number of hydrogen-bond acceptors (Lipinski definition) is 3. The molecule has 1 aliphatic carbocycles. The fourth-order valence-corrected chi connectivity index (χ4v) is 2.75. The quantitative estimate of drug-likeness (QED) is 0.848. The lowest BCUT2D eigenvalue weighted by molar-refractivity contribution is 0.0915. The summed E-state index contributed by atoms with van der Waals surface area (Å²) in [4.78, 5) is 0. The predicted octanol–water partition coefficient (Wildman–Crippen LogP) is 2.58. The number of aliphatic hydroxyl groups is 1. The van der Waals surface area contributed by atoms with Crippen LogP contribution in [0.25, 0.3) is 10.8 Å². The molecule has 2 N–H and O–H groups in total. The van der Waals surface area contributed by atoms with Gasteiger partial charge in [-0.1, -0.05) is 30.3 Å². The van der Waals surface area contributed by atoms with Gasteiger partial charge in [-0.3, -0.25) is 0 Å². The summed E-state index contributed by atoms with van der Waals surface area (Å²) in [7, 11) is 1.90. The number of likely N-dealkylation sites (N-methyl/N-ethyl adjacent to an activating group) is 1. The smallest absolute Gasteiger partial charge is 0.120 e. The zero-order valence-electron chi connectivity index (χ0n) is 11.8. The fraction of sp³-hybridized carbons (Fsp3) is 0.412. The van der Waals surface area contributed by atoms with E-state index in [4.69, 9.17) is 4.74 Å². The van der Waals surface area contributed by atoms with Crippen molar-refractivity contribution in [1.29, 1.82) is 0 Å². The first kappa shape index (κ1) is 13.4. The molecule has 1 fully saturated rings. The standard InChI is InChI=1S/C17H21NO2/c1-18-17(11-19,15-7-8-15)12-20-16-9-6-13-4-2-3-5-14(13)10-16/h2-6,9-10,15,18-19H,7-8,11-12H2,1H3. The van der Waals surface area contributed by atoms with E-state index in [1.165, 1.54) is 23.6 Å². The first-order valence-electron chi connectivity index (χ1n) is 7.19. The molecule has 0 spiro atoms. The first-order valence-corrected chi connectivity index (χ1v) is 7.19. The molecule has 0 saturated heterocycles. The third kappa shape index (κ3) is 2.51. The van der Waals surface area contributed by atoms with Crippen LogP contribution in [0.5, 0.6) is 5.75 Å². The van der Waals surface area contributed by atoms with E-state index in [9.17, 15) is 5.11 Å². The molecule has 20 heavy (non-hydrogen) atoms. The van der Waals surface area contributed by atoms with Crippen molar-refractivity contribution in [1.82, 2.24) is 5.32 Å². The fourth-order valence-electron chi connectivity index (χ4n) is 2.75. The Balaban J connectivity index is 1.75. The van der Waals surface area contributed by atoms with E-state index < -0.39 is 0 Å². The minimum atomic E-state index is -0.300. The molecule has 1 unspecified atom stereocenters. The lowest BCUT2D eigenvalue weighted by atomic mass is 9.95. The summed E-state index contributed by atoms with van der Waals surface area (Å²) >= 11 is 0. The van der Waals surface area contributed by atoms with Gasteiger partial charge in [0.25, 0.3) is 0 Å². The summed E-state index contributed by atoms with van der Waals surface area (Å²) in [5, 5.41) is 15.3. The Hall–Kier alpha value is -1.58. The highest BCUT2D eigenvalue weighted by atomic mass is 16.5. The molecule has 0 radical (unpaired) electrons. The van der Waals surface area contributed by atoms with Crippen molar-refractivity contribution in [2.75, 3.05) is 20.3 Å². The molecule has 1 aliphatic rings. The lowest BCUT2D eigenvalue weighted by Gasteiger charge is -2.31. The van der Waals surface area contributed by atoms with Crippen LogP contribution in [0.1, 0.15) is 12.8 Å². The van der Waals surface area contributed by atoms with Crippen LogP contribution in [0.4, 0.5) is 0 Å². The summed E-state index contributed by atoms with van der Waals surface area (Å²) in [6.45, 7) is 0.616. The van der Waals surface area contributed by atoms with Crippen molar-refractivity contribution in [2.24, 2.45) is 5.92 Å². The monoisotopic (exact) mass is 271 g/mol. The number of hydrogen-bond donors (Lipinski definition) is 2. The zero-order chi connectivity index (χ0) is 14.0. The maximum atomic E-state index is 9.69. The number of aliphatic hydroxyl groups excluding tert-OH is 1. The average molecular weight is 271 g/mol. The van der Waals surface area contributed by atoms with Gasteiger partial charge in [0.2, 0.25) is 0 Å². The largest absolute Gasteiger partial charge is 0.492 e. The van der Waals surface area contributed by atoms with Crippen LogP contribution in [0.3, 0.4) is 0 Å². The Kier molecular flexibility index (Phi) is 3.64. The Morgan fingerprint density at radius 3 is 2.60 bits per heavy atom. The maximum Gasteiger partial charge on any atom is 0.120 e. The van der Waals surface area contributed by atoms with Gasteiger partial charge in [-0.2, -0.15) is 0 Å². The Labute approximate surface area is 119 Å². The molecule has 2 aromatic rings. The summed E-state index contributed by atoms with van der Waals surface area (Å²) < 4.78 is 5.94. The number of rotatable bonds is 6.